The van der Waals surface area contributed by atoms with E-state index in [-0.39, 0.29) is 11.1 Å². The molecule has 1 aromatic carbocycles. The van der Waals surface area contributed by atoms with Gasteiger partial charge in [-0.15, -0.1) is 0 Å². The molecule has 0 fully saturated rings. The van der Waals surface area contributed by atoms with Gasteiger partial charge in [-0.1, -0.05) is 26.8 Å². The molecule has 3 heterocycles. The largest absolute Gasteiger partial charge is 0.418 e. The number of nitrogens with one attached hydrogen (secondary N) is 1. The maximum atomic E-state index is 13.6. The van der Waals surface area contributed by atoms with Gasteiger partial charge in [0.15, 0.2) is 0 Å². The van der Waals surface area contributed by atoms with E-state index in [1.807, 2.05) is 12.1 Å². The number of methoxy groups -OCH3 is 1. The molecule has 0 aliphatic carbocycles. The van der Waals surface area contributed by atoms with Gasteiger partial charge < -0.3 is 10.1 Å². The molecule has 182 valence electrons. The first kappa shape index (κ1) is 24.5. The van der Waals surface area contributed by atoms with Crippen molar-refractivity contribution in [3.63, 3.8) is 0 Å². The van der Waals surface area contributed by atoms with Crippen molar-refractivity contribution in [3.8, 4) is 11.3 Å². The number of pyridine rings is 2. The lowest BCUT2D eigenvalue weighted by atomic mass is 9.92. The summed E-state index contributed by atoms with van der Waals surface area (Å²) in [5, 5.41) is 3.95. The molecule has 35 heavy (non-hydrogen) atoms. The number of aromatic nitrogens is 4. The molecule has 0 aliphatic rings. The Labute approximate surface area is 201 Å². The van der Waals surface area contributed by atoms with Crippen LogP contribution in [0.5, 0.6) is 0 Å². The molecule has 3 aromatic heterocycles. The van der Waals surface area contributed by atoms with Gasteiger partial charge in [-0.3, -0.25) is 9.97 Å². The molecule has 0 saturated heterocycles. The van der Waals surface area contributed by atoms with Crippen molar-refractivity contribution < 1.29 is 17.9 Å². The Hall–Kier alpha value is -3.59. The second-order valence-corrected chi connectivity index (χ2v) is 9.17. The number of benzene rings is 1. The number of alkyl halides is 3. The molecule has 4 aromatic rings. The van der Waals surface area contributed by atoms with Crippen LogP contribution in [0.1, 0.15) is 37.9 Å². The predicted octanol–water partition coefficient (Wildman–Crippen LogP) is 6.34. The van der Waals surface area contributed by atoms with Gasteiger partial charge in [0.2, 0.25) is 0 Å². The van der Waals surface area contributed by atoms with Gasteiger partial charge in [0, 0.05) is 41.8 Å². The van der Waals surface area contributed by atoms with E-state index in [1.165, 1.54) is 12.3 Å². The predicted molar refractivity (Wildman–Crippen MR) is 130 cm³/mol. The van der Waals surface area contributed by atoms with Gasteiger partial charge in [0.05, 0.1) is 35.3 Å². The molecular weight excluding hydrogens is 455 g/mol. The number of anilines is 2. The average molecular weight is 482 g/mol. The van der Waals surface area contributed by atoms with Gasteiger partial charge in [0.25, 0.3) is 0 Å². The number of hydrogen-bond acceptors (Lipinski definition) is 6. The van der Waals surface area contributed by atoms with Gasteiger partial charge in [-0.25, -0.2) is 9.97 Å². The van der Waals surface area contributed by atoms with E-state index < -0.39 is 11.7 Å². The number of nitrogens with zero attached hydrogens (tertiary/aromatic N) is 4. The van der Waals surface area contributed by atoms with E-state index in [4.69, 9.17) is 4.74 Å². The van der Waals surface area contributed by atoms with Crippen LogP contribution in [0.4, 0.5) is 24.7 Å². The maximum absolute atomic E-state index is 13.6. The molecular formula is C26H26F3N5O. The summed E-state index contributed by atoms with van der Waals surface area (Å²) in [6.45, 7) is 6.67. The van der Waals surface area contributed by atoms with Crippen LogP contribution in [0.3, 0.4) is 0 Å². The second kappa shape index (κ2) is 9.58. The van der Waals surface area contributed by atoms with E-state index in [9.17, 15) is 13.2 Å². The fraction of sp³-hybridized carbons (Fsp3) is 0.308. The van der Waals surface area contributed by atoms with Crippen LogP contribution in [-0.4, -0.2) is 33.7 Å². The first-order valence-corrected chi connectivity index (χ1v) is 11.1. The smallest absolute Gasteiger partial charge is 0.384 e. The zero-order valence-corrected chi connectivity index (χ0v) is 19.9. The SMILES string of the molecule is COCCc1nc(Nc2ccc(C(C)(C)C)nc2)c2ccc(-c3ncccc3C(F)(F)F)cc2n1. The first-order chi connectivity index (χ1) is 16.6. The van der Waals surface area contributed by atoms with E-state index in [2.05, 4.69) is 46.0 Å². The highest BCUT2D eigenvalue weighted by atomic mass is 19.4. The van der Waals surface area contributed by atoms with E-state index in [0.29, 0.717) is 41.1 Å². The summed E-state index contributed by atoms with van der Waals surface area (Å²) < 4.78 is 45.9. The Morgan fingerprint density at radius 3 is 2.43 bits per heavy atom. The van der Waals surface area contributed by atoms with Crippen molar-refractivity contribution in [3.05, 3.63) is 71.9 Å². The summed E-state index contributed by atoms with van der Waals surface area (Å²) in [6.07, 6.45) is -0.988. The second-order valence-electron chi connectivity index (χ2n) is 9.17. The molecule has 0 radical (unpaired) electrons. The zero-order valence-electron chi connectivity index (χ0n) is 19.9. The summed E-state index contributed by atoms with van der Waals surface area (Å²) in [6, 6.07) is 11.1. The number of hydrogen-bond donors (Lipinski definition) is 1. The number of rotatable bonds is 6. The molecule has 6 nitrogen and oxygen atoms in total. The Bertz CT molecular complexity index is 1330. The summed E-state index contributed by atoms with van der Waals surface area (Å²) in [5.74, 6) is 1.05. The van der Waals surface area contributed by atoms with Crippen LogP contribution in [-0.2, 0) is 22.7 Å². The topological polar surface area (TPSA) is 72.8 Å². The van der Waals surface area contributed by atoms with Crippen LogP contribution in [0, 0.1) is 0 Å². The van der Waals surface area contributed by atoms with Crippen molar-refractivity contribution >= 4 is 22.4 Å². The highest BCUT2D eigenvalue weighted by molar-refractivity contribution is 5.93. The molecule has 0 amide bonds. The third kappa shape index (κ3) is 5.57. The van der Waals surface area contributed by atoms with Gasteiger partial charge in [-0.2, -0.15) is 13.2 Å². The van der Waals surface area contributed by atoms with Crippen molar-refractivity contribution in [1.29, 1.82) is 0 Å². The van der Waals surface area contributed by atoms with Gasteiger partial charge >= 0.3 is 6.18 Å². The zero-order chi connectivity index (χ0) is 25.2. The molecule has 0 bridgehead atoms. The summed E-state index contributed by atoms with van der Waals surface area (Å²) >= 11 is 0. The standard InChI is InChI=1S/C26H26F3N5O/c1-25(2,3)21-10-8-17(15-31-21)32-24-18-9-7-16(14-20(18)33-22(34-24)11-13-35-4)23-19(26(27,28)29)6-5-12-30-23/h5-10,12,14-15H,11,13H2,1-4H3,(H,32,33,34). The minimum Gasteiger partial charge on any atom is -0.384 e. The van der Waals surface area contributed by atoms with Crippen LogP contribution >= 0.6 is 0 Å². The highest BCUT2D eigenvalue weighted by Crippen LogP contribution is 2.37. The average Bonchev–Trinajstić information content (AvgIpc) is 2.81. The molecule has 1 N–H and O–H groups in total. The highest BCUT2D eigenvalue weighted by Gasteiger charge is 2.34. The Morgan fingerprint density at radius 2 is 1.77 bits per heavy atom. The van der Waals surface area contributed by atoms with Crippen LogP contribution in [0.15, 0.2) is 54.9 Å². The van der Waals surface area contributed by atoms with Crippen molar-refractivity contribution in [2.24, 2.45) is 0 Å². The fourth-order valence-corrected chi connectivity index (χ4v) is 3.64. The summed E-state index contributed by atoms with van der Waals surface area (Å²) in [7, 11) is 1.58. The van der Waals surface area contributed by atoms with E-state index in [1.54, 1.807) is 31.5 Å². The molecule has 0 aliphatic heterocycles. The minimum absolute atomic E-state index is 0.0788. The van der Waals surface area contributed by atoms with E-state index >= 15 is 0 Å². The van der Waals surface area contributed by atoms with Crippen molar-refractivity contribution in [2.45, 2.75) is 38.8 Å². The fourth-order valence-electron chi connectivity index (χ4n) is 3.64. The summed E-state index contributed by atoms with van der Waals surface area (Å²) in [4.78, 5) is 17.8. The third-order valence-electron chi connectivity index (χ3n) is 5.45. The lowest BCUT2D eigenvalue weighted by Crippen LogP contribution is -2.13. The van der Waals surface area contributed by atoms with Crippen molar-refractivity contribution in [1.82, 2.24) is 19.9 Å². The van der Waals surface area contributed by atoms with Crippen LogP contribution in [0.25, 0.3) is 22.2 Å². The minimum atomic E-state index is -4.52. The Kier molecular flexibility index (Phi) is 6.71. The normalized spacial score (nSPS) is 12.2. The summed E-state index contributed by atoms with van der Waals surface area (Å²) in [5.41, 5.74) is 1.51. The lowest BCUT2D eigenvalue weighted by Gasteiger charge is -2.18. The third-order valence-corrected chi connectivity index (χ3v) is 5.45. The lowest BCUT2D eigenvalue weighted by molar-refractivity contribution is -0.137. The van der Waals surface area contributed by atoms with Crippen LogP contribution in [0.2, 0.25) is 0 Å². The molecule has 0 saturated carbocycles. The molecule has 0 spiro atoms. The monoisotopic (exact) mass is 481 g/mol. The molecule has 9 heteroatoms. The number of halogens is 3. The maximum Gasteiger partial charge on any atom is 0.418 e. The number of fused-ring (bicyclic) bond motifs is 1. The molecule has 0 atom stereocenters. The van der Waals surface area contributed by atoms with E-state index in [0.717, 1.165) is 17.4 Å². The van der Waals surface area contributed by atoms with Crippen molar-refractivity contribution in [2.75, 3.05) is 19.0 Å². The molecule has 0 unspecified atom stereocenters. The number of ether oxygens (including phenoxy) is 1. The first-order valence-electron chi connectivity index (χ1n) is 11.1. The Morgan fingerprint density at radius 1 is 0.971 bits per heavy atom. The van der Waals surface area contributed by atoms with Crippen LogP contribution < -0.4 is 5.32 Å². The van der Waals surface area contributed by atoms with Gasteiger partial charge in [-0.05, 0) is 36.4 Å². The van der Waals surface area contributed by atoms with Gasteiger partial charge in [0.1, 0.15) is 11.6 Å². The molecule has 4 rings (SSSR count). The quantitative estimate of drug-likeness (QED) is 0.347. The Balaban J connectivity index is 1.78.